The maximum atomic E-state index is 12.5. The second kappa shape index (κ2) is 8.97. The number of carbonyl (C=O) groups excluding carboxylic acids is 2. The number of aromatic nitrogens is 2. The van der Waals surface area contributed by atoms with Crippen molar-refractivity contribution in [1.82, 2.24) is 19.8 Å². The molecule has 1 aromatic heterocycles. The Kier molecular flexibility index (Phi) is 6.65. The molecule has 0 spiro atoms. The van der Waals surface area contributed by atoms with Gasteiger partial charge >= 0.3 is 0 Å². The van der Waals surface area contributed by atoms with Crippen molar-refractivity contribution >= 4 is 30.2 Å². The van der Waals surface area contributed by atoms with Gasteiger partial charge in [0.05, 0.1) is 11.8 Å². The molecular formula is C19H28ClN5O2. The van der Waals surface area contributed by atoms with Crippen LogP contribution in [0.25, 0.3) is 0 Å². The number of halogens is 1. The molecule has 1 saturated carbocycles. The lowest BCUT2D eigenvalue weighted by molar-refractivity contribution is -0.140. The number of imide groups is 1. The minimum atomic E-state index is -0.0225. The highest BCUT2D eigenvalue weighted by Gasteiger charge is 2.47. The summed E-state index contributed by atoms with van der Waals surface area (Å²) in [6.07, 6.45) is 8.38. The molecule has 3 aliphatic rings. The van der Waals surface area contributed by atoms with Crippen molar-refractivity contribution in [2.75, 3.05) is 44.2 Å². The van der Waals surface area contributed by atoms with Crippen molar-refractivity contribution < 1.29 is 9.59 Å². The highest BCUT2D eigenvalue weighted by molar-refractivity contribution is 6.05. The molecule has 8 heteroatoms. The number of hydrogen-bond acceptors (Lipinski definition) is 6. The normalized spacial score (nSPS) is 26.1. The molecule has 3 heterocycles. The van der Waals surface area contributed by atoms with Crippen LogP contribution in [0, 0.1) is 11.8 Å². The van der Waals surface area contributed by atoms with Crippen LogP contribution in [0.2, 0.25) is 0 Å². The average Bonchev–Trinajstić information content (AvgIpc) is 2.94. The summed E-state index contributed by atoms with van der Waals surface area (Å²) < 4.78 is 0. The van der Waals surface area contributed by atoms with E-state index in [1.54, 1.807) is 17.3 Å². The fourth-order valence-corrected chi connectivity index (χ4v) is 4.53. The maximum absolute atomic E-state index is 12.5. The lowest BCUT2D eigenvalue weighted by Crippen LogP contribution is -2.47. The van der Waals surface area contributed by atoms with Crippen LogP contribution >= 0.6 is 12.4 Å². The van der Waals surface area contributed by atoms with E-state index in [1.807, 2.05) is 6.07 Å². The first-order valence-electron chi connectivity index (χ1n) is 9.83. The molecule has 2 saturated heterocycles. The molecule has 0 radical (unpaired) electrons. The number of nitrogens with zero attached hydrogens (tertiary/aromatic N) is 5. The Morgan fingerprint density at radius 2 is 1.48 bits per heavy atom. The monoisotopic (exact) mass is 393 g/mol. The van der Waals surface area contributed by atoms with Gasteiger partial charge in [-0.3, -0.25) is 19.4 Å². The Morgan fingerprint density at radius 3 is 2.07 bits per heavy atom. The van der Waals surface area contributed by atoms with Gasteiger partial charge in [-0.15, -0.1) is 12.4 Å². The van der Waals surface area contributed by atoms with Gasteiger partial charge in [-0.2, -0.15) is 0 Å². The van der Waals surface area contributed by atoms with Gasteiger partial charge < -0.3 is 4.90 Å². The summed E-state index contributed by atoms with van der Waals surface area (Å²) in [7, 11) is 0. The lowest BCUT2D eigenvalue weighted by Gasteiger charge is -2.34. The molecule has 3 fully saturated rings. The highest BCUT2D eigenvalue weighted by Crippen LogP contribution is 2.37. The van der Waals surface area contributed by atoms with Crippen LogP contribution in [0.3, 0.4) is 0 Å². The van der Waals surface area contributed by atoms with Crippen molar-refractivity contribution in [3.8, 4) is 0 Å². The Bertz CT molecular complexity index is 627. The fourth-order valence-electron chi connectivity index (χ4n) is 4.53. The van der Waals surface area contributed by atoms with Crippen molar-refractivity contribution in [3.63, 3.8) is 0 Å². The molecule has 2 amide bonds. The number of likely N-dealkylation sites (tertiary alicyclic amines) is 1. The van der Waals surface area contributed by atoms with Crippen molar-refractivity contribution in [3.05, 3.63) is 18.5 Å². The molecule has 0 bridgehead atoms. The minimum Gasteiger partial charge on any atom is -0.338 e. The highest BCUT2D eigenvalue weighted by atomic mass is 35.5. The standard InChI is InChI=1S/C19H27N5O2.ClH/c25-17-15-5-1-2-6-16(15)18(26)24(17)10-4-9-22-11-13-23(14-12-22)19-20-7-3-8-21-19;/h3,7-8,15-16H,1-2,4-6,9-14H2;1H. The largest absolute Gasteiger partial charge is 0.338 e. The predicted octanol–water partition coefficient (Wildman–Crippen LogP) is 1.59. The van der Waals surface area contributed by atoms with Crippen molar-refractivity contribution in [2.45, 2.75) is 32.1 Å². The maximum Gasteiger partial charge on any atom is 0.233 e. The Hall–Kier alpha value is -1.73. The van der Waals surface area contributed by atoms with E-state index < -0.39 is 0 Å². The van der Waals surface area contributed by atoms with E-state index in [-0.39, 0.29) is 36.1 Å². The zero-order chi connectivity index (χ0) is 17.9. The Labute approximate surface area is 166 Å². The molecule has 0 N–H and O–H groups in total. The topological polar surface area (TPSA) is 69.6 Å². The number of fused-ring (bicyclic) bond motifs is 1. The van der Waals surface area contributed by atoms with Gasteiger partial charge in [-0.05, 0) is 31.9 Å². The first-order chi connectivity index (χ1) is 12.7. The zero-order valence-corrected chi connectivity index (χ0v) is 16.4. The molecule has 148 valence electrons. The zero-order valence-electron chi connectivity index (χ0n) is 15.6. The van der Waals surface area contributed by atoms with Crippen molar-refractivity contribution in [1.29, 1.82) is 0 Å². The molecule has 27 heavy (non-hydrogen) atoms. The van der Waals surface area contributed by atoms with Gasteiger partial charge in [0, 0.05) is 45.1 Å². The lowest BCUT2D eigenvalue weighted by atomic mass is 9.81. The van der Waals surface area contributed by atoms with Crippen LogP contribution in [0.4, 0.5) is 5.95 Å². The number of piperazine rings is 1. The third-order valence-electron chi connectivity index (χ3n) is 6.00. The summed E-state index contributed by atoms with van der Waals surface area (Å²) in [4.78, 5) is 39.8. The van der Waals surface area contributed by atoms with Gasteiger partial charge in [0.15, 0.2) is 0 Å². The third kappa shape index (κ3) is 4.24. The van der Waals surface area contributed by atoms with E-state index in [2.05, 4.69) is 19.8 Å². The van der Waals surface area contributed by atoms with Crippen LogP contribution in [-0.4, -0.2) is 70.9 Å². The first kappa shape index (κ1) is 20.0. The first-order valence-corrected chi connectivity index (χ1v) is 9.83. The van der Waals surface area contributed by atoms with Crippen LogP contribution < -0.4 is 4.90 Å². The fraction of sp³-hybridized carbons (Fsp3) is 0.684. The smallest absolute Gasteiger partial charge is 0.233 e. The summed E-state index contributed by atoms with van der Waals surface area (Å²) >= 11 is 0. The summed E-state index contributed by atoms with van der Waals surface area (Å²) in [6.45, 7) is 5.25. The Balaban J connectivity index is 0.00000210. The van der Waals surface area contributed by atoms with Gasteiger partial charge in [0.1, 0.15) is 0 Å². The molecule has 0 aromatic carbocycles. The predicted molar refractivity (Wildman–Crippen MR) is 105 cm³/mol. The Morgan fingerprint density at radius 1 is 0.889 bits per heavy atom. The molecule has 1 aliphatic carbocycles. The number of amides is 2. The molecule has 1 aromatic rings. The molecule has 7 nitrogen and oxygen atoms in total. The van der Waals surface area contributed by atoms with E-state index in [1.165, 1.54) is 0 Å². The minimum absolute atomic E-state index is 0. The summed E-state index contributed by atoms with van der Waals surface area (Å²) in [5, 5.41) is 0. The second-order valence-electron chi connectivity index (χ2n) is 7.56. The third-order valence-corrected chi connectivity index (χ3v) is 6.00. The van der Waals surface area contributed by atoms with Gasteiger partial charge in [-0.1, -0.05) is 12.8 Å². The SMILES string of the molecule is Cl.O=C1C2CCCCC2C(=O)N1CCCN1CCN(c2ncccn2)CC1. The van der Waals surface area contributed by atoms with E-state index in [0.29, 0.717) is 6.54 Å². The molecule has 2 atom stereocenters. The van der Waals surface area contributed by atoms with E-state index in [0.717, 1.165) is 70.8 Å². The van der Waals surface area contributed by atoms with Crippen LogP contribution in [0.5, 0.6) is 0 Å². The average molecular weight is 394 g/mol. The van der Waals surface area contributed by atoms with E-state index in [9.17, 15) is 9.59 Å². The van der Waals surface area contributed by atoms with Gasteiger partial charge in [-0.25, -0.2) is 9.97 Å². The van der Waals surface area contributed by atoms with E-state index >= 15 is 0 Å². The second-order valence-corrected chi connectivity index (χ2v) is 7.56. The van der Waals surface area contributed by atoms with Crippen molar-refractivity contribution in [2.24, 2.45) is 11.8 Å². The molecule has 2 aliphatic heterocycles. The molecule has 4 rings (SSSR count). The summed E-state index contributed by atoms with van der Waals surface area (Å²) in [5.41, 5.74) is 0. The van der Waals surface area contributed by atoms with Crippen LogP contribution in [-0.2, 0) is 9.59 Å². The van der Waals surface area contributed by atoms with Crippen LogP contribution in [0.15, 0.2) is 18.5 Å². The van der Waals surface area contributed by atoms with Crippen LogP contribution in [0.1, 0.15) is 32.1 Å². The number of carbonyl (C=O) groups is 2. The number of anilines is 1. The summed E-state index contributed by atoms with van der Waals surface area (Å²) in [6, 6.07) is 1.83. The number of hydrogen-bond donors (Lipinski definition) is 0. The van der Waals surface area contributed by atoms with E-state index in [4.69, 9.17) is 0 Å². The number of rotatable bonds is 5. The van der Waals surface area contributed by atoms with Gasteiger partial charge in [0.2, 0.25) is 17.8 Å². The molecular weight excluding hydrogens is 366 g/mol. The van der Waals surface area contributed by atoms with Gasteiger partial charge in [0.25, 0.3) is 0 Å². The summed E-state index contributed by atoms with van der Waals surface area (Å²) in [5.74, 6) is 0.927. The molecule has 2 unspecified atom stereocenters. The quantitative estimate of drug-likeness (QED) is 0.707.